The van der Waals surface area contributed by atoms with Crippen LogP contribution in [0.4, 0.5) is 10.5 Å². The number of amides is 1. The van der Waals surface area contributed by atoms with Gasteiger partial charge in [-0.2, -0.15) is 0 Å². The molecular formula is C34H47N3O6. The summed E-state index contributed by atoms with van der Waals surface area (Å²) in [4.78, 5) is 32.8. The van der Waals surface area contributed by atoms with Gasteiger partial charge in [0, 0.05) is 43.0 Å². The number of fused-ring (bicyclic) bond motifs is 2. The van der Waals surface area contributed by atoms with Gasteiger partial charge in [-0.15, -0.1) is 0 Å². The molecule has 0 N–H and O–H groups in total. The number of aromatic nitrogens is 2. The molecule has 5 atom stereocenters. The van der Waals surface area contributed by atoms with Crippen LogP contribution in [0.3, 0.4) is 0 Å². The molecule has 0 bridgehead atoms. The van der Waals surface area contributed by atoms with Crippen LogP contribution in [0, 0.1) is 18.8 Å². The molecule has 1 saturated heterocycles. The van der Waals surface area contributed by atoms with E-state index in [9.17, 15) is 9.59 Å². The third kappa shape index (κ3) is 8.36. The molecule has 0 spiro atoms. The van der Waals surface area contributed by atoms with Crippen LogP contribution in [0.1, 0.15) is 83.3 Å². The summed E-state index contributed by atoms with van der Waals surface area (Å²) in [6, 6.07) is 3.70. The van der Waals surface area contributed by atoms with Crippen LogP contribution in [0.5, 0.6) is 0 Å². The van der Waals surface area contributed by atoms with Crippen LogP contribution < -0.4 is 4.90 Å². The molecule has 1 amide bonds. The lowest BCUT2D eigenvalue weighted by Crippen LogP contribution is -2.39. The lowest BCUT2D eigenvalue weighted by atomic mass is 9.93. The normalized spacial score (nSPS) is 27.3. The maximum Gasteiger partial charge on any atom is 0.414 e. The molecule has 4 rings (SSSR count). The molecule has 2 aliphatic rings. The van der Waals surface area contributed by atoms with Gasteiger partial charge in [0.1, 0.15) is 11.7 Å². The van der Waals surface area contributed by atoms with Crippen molar-refractivity contribution in [3.63, 3.8) is 0 Å². The molecule has 1 aromatic carbocycles. The lowest BCUT2D eigenvalue weighted by molar-refractivity contribution is -0.148. The van der Waals surface area contributed by atoms with Crippen molar-refractivity contribution in [2.24, 2.45) is 11.8 Å². The summed E-state index contributed by atoms with van der Waals surface area (Å²) in [6.07, 6.45) is 12.9. The highest BCUT2D eigenvalue weighted by Gasteiger charge is 2.42. The van der Waals surface area contributed by atoms with Crippen LogP contribution in [0.25, 0.3) is 6.08 Å². The maximum absolute atomic E-state index is 13.6. The fourth-order valence-corrected chi connectivity index (χ4v) is 5.41. The van der Waals surface area contributed by atoms with Crippen LogP contribution in [0.2, 0.25) is 0 Å². The molecule has 3 heterocycles. The summed E-state index contributed by atoms with van der Waals surface area (Å²) in [6.45, 7) is 18.2. The molecule has 0 unspecified atom stereocenters. The van der Waals surface area contributed by atoms with Gasteiger partial charge in [0.15, 0.2) is 5.79 Å². The fraction of sp³-hybridized carbons (Fsp3) is 0.559. The van der Waals surface area contributed by atoms with Crippen LogP contribution in [-0.2, 0) is 25.5 Å². The number of anilines is 1. The number of cyclic esters (lactones) is 1. The highest BCUT2D eigenvalue weighted by atomic mass is 16.8. The summed E-state index contributed by atoms with van der Waals surface area (Å²) in [7, 11) is 0. The zero-order valence-corrected chi connectivity index (χ0v) is 27.0. The molecule has 1 aromatic heterocycles. The van der Waals surface area contributed by atoms with E-state index in [-0.39, 0.29) is 30.1 Å². The Hall–Kier alpha value is -3.43. The van der Waals surface area contributed by atoms with Crippen LogP contribution in [0.15, 0.2) is 49.1 Å². The number of rotatable bonds is 4. The summed E-state index contributed by atoms with van der Waals surface area (Å²) < 4.78 is 26.3. The van der Waals surface area contributed by atoms with E-state index in [4.69, 9.17) is 18.9 Å². The van der Waals surface area contributed by atoms with Gasteiger partial charge < -0.3 is 23.5 Å². The van der Waals surface area contributed by atoms with E-state index in [1.54, 1.807) is 17.4 Å². The Kier molecular flexibility index (Phi) is 9.86. The first-order valence-electron chi connectivity index (χ1n) is 15.2. The number of hydrogen-bond acceptors (Lipinski definition) is 7. The second-order valence-corrected chi connectivity index (χ2v) is 13.1. The van der Waals surface area contributed by atoms with E-state index in [1.807, 2.05) is 90.4 Å². The number of hydrogen-bond donors (Lipinski definition) is 0. The summed E-state index contributed by atoms with van der Waals surface area (Å²) >= 11 is 0. The highest BCUT2D eigenvalue weighted by Crippen LogP contribution is 2.35. The Morgan fingerprint density at radius 3 is 2.53 bits per heavy atom. The standard InChI is InChI=1S/C34H47N3O6/c1-22-13-14-23(2)30-28(41-34(8,9)42-30)12-10-11-26-20-27(19-24(3)29(26)31(38)40-25(22)4)37(32(39)43-33(5,6)7)18-17-36-16-15-35-21-36/h10-11,13-16,19-23,25,28,30H,12,17-18H2,1-9H3/b11-10+,14-13-/t22-,23-,25+,28+,30-/m1/s1. The molecule has 9 nitrogen and oxygen atoms in total. The summed E-state index contributed by atoms with van der Waals surface area (Å²) in [5, 5.41) is 0. The average molecular weight is 594 g/mol. The quantitative estimate of drug-likeness (QED) is 0.280. The van der Waals surface area contributed by atoms with Crippen molar-refractivity contribution in [1.29, 1.82) is 0 Å². The lowest BCUT2D eigenvalue weighted by Gasteiger charge is -2.28. The van der Waals surface area contributed by atoms with Crippen LogP contribution >= 0.6 is 0 Å². The van der Waals surface area contributed by atoms with Crippen LogP contribution in [-0.4, -0.2) is 57.9 Å². The smallest absolute Gasteiger partial charge is 0.414 e. The van der Waals surface area contributed by atoms with E-state index in [2.05, 4.69) is 24.1 Å². The minimum atomic E-state index is -0.692. The third-order valence-corrected chi connectivity index (χ3v) is 7.78. The molecule has 2 aliphatic heterocycles. The number of carbonyl (C=O) groups is 2. The number of esters is 1. The van der Waals surface area contributed by atoms with E-state index in [0.29, 0.717) is 41.9 Å². The van der Waals surface area contributed by atoms with Crippen molar-refractivity contribution in [3.8, 4) is 0 Å². The first-order chi connectivity index (χ1) is 20.1. The van der Waals surface area contributed by atoms with Crippen molar-refractivity contribution >= 4 is 23.8 Å². The Labute approximate surface area is 255 Å². The van der Waals surface area contributed by atoms with Gasteiger partial charge >= 0.3 is 12.1 Å². The van der Waals surface area contributed by atoms with Gasteiger partial charge in [-0.1, -0.05) is 38.2 Å². The SMILES string of the molecule is Cc1cc(N(CCn2ccnc2)C(=O)OC(C)(C)C)cc2c1C(=O)O[C@@H](C)[C@H](C)/C=C\[C@@H](C)[C@H]1OC(C)(C)O[C@H]1C/C=C/2. The van der Waals surface area contributed by atoms with Crippen molar-refractivity contribution in [1.82, 2.24) is 9.55 Å². The minimum absolute atomic E-state index is 0.00692. The zero-order valence-electron chi connectivity index (χ0n) is 27.0. The second-order valence-electron chi connectivity index (χ2n) is 13.1. The minimum Gasteiger partial charge on any atom is -0.458 e. The highest BCUT2D eigenvalue weighted by molar-refractivity contribution is 5.97. The van der Waals surface area contributed by atoms with Gasteiger partial charge in [0.05, 0.1) is 24.1 Å². The van der Waals surface area contributed by atoms with Crippen molar-refractivity contribution in [2.75, 3.05) is 11.4 Å². The molecule has 0 saturated carbocycles. The van der Waals surface area contributed by atoms with Crippen molar-refractivity contribution < 1.29 is 28.5 Å². The van der Waals surface area contributed by atoms with Crippen molar-refractivity contribution in [2.45, 2.75) is 105 Å². The van der Waals surface area contributed by atoms with E-state index in [0.717, 1.165) is 0 Å². The number of aryl methyl sites for hydroxylation is 1. The van der Waals surface area contributed by atoms with Gasteiger partial charge in [-0.25, -0.2) is 14.6 Å². The Morgan fingerprint density at radius 2 is 1.86 bits per heavy atom. The van der Waals surface area contributed by atoms with E-state index in [1.165, 1.54) is 0 Å². The monoisotopic (exact) mass is 593 g/mol. The molecule has 234 valence electrons. The van der Waals surface area contributed by atoms with E-state index >= 15 is 0 Å². The summed E-state index contributed by atoms with van der Waals surface area (Å²) in [5.74, 6) is -0.995. The number of nitrogens with zero attached hydrogens (tertiary/aromatic N) is 3. The molecule has 0 aliphatic carbocycles. The average Bonchev–Trinajstić information content (AvgIpc) is 3.52. The number of benzene rings is 1. The molecule has 2 aromatic rings. The molecule has 0 radical (unpaired) electrons. The second kappa shape index (κ2) is 13.1. The topological polar surface area (TPSA) is 92.1 Å². The molecular weight excluding hydrogens is 546 g/mol. The molecule has 1 fully saturated rings. The van der Waals surface area contributed by atoms with Gasteiger partial charge in [0.2, 0.25) is 0 Å². The third-order valence-electron chi connectivity index (χ3n) is 7.78. The zero-order chi connectivity index (χ0) is 31.5. The number of ether oxygens (including phenoxy) is 4. The maximum atomic E-state index is 13.6. The number of carbonyl (C=O) groups excluding carboxylic acids is 2. The Bertz CT molecular complexity index is 1340. The molecule has 43 heavy (non-hydrogen) atoms. The Morgan fingerprint density at radius 1 is 1.14 bits per heavy atom. The Balaban J connectivity index is 1.76. The van der Waals surface area contributed by atoms with Crippen molar-refractivity contribution in [3.05, 3.63) is 65.8 Å². The fourth-order valence-electron chi connectivity index (χ4n) is 5.41. The predicted octanol–water partition coefficient (Wildman–Crippen LogP) is 6.94. The van der Waals surface area contributed by atoms with Gasteiger partial charge in [-0.3, -0.25) is 4.90 Å². The van der Waals surface area contributed by atoms with Gasteiger partial charge in [0.25, 0.3) is 0 Å². The van der Waals surface area contributed by atoms with E-state index < -0.39 is 23.5 Å². The molecule has 9 heteroatoms. The van der Waals surface area contributed by atoms with Gasteiger partial charge in [-0.05, 0) is 78.1 Å². The number of imidazole rings is 1. The first-order valence-corrected chi connectivity index (χ1v) is 15.2. The predicted molar refractivity (Wildman–Crippen MR) is 167 cm³/mol. The summed E-state index contributed by atoms with van der Waals surface area (Å²) in [5.41, 5.74) is 1.78. The largest absolute Gasteiger partial charge is 0.458 e. The first kappa shape index (κ1) is 32.5.